The fraction of sp³-hybridized carbons (Fsp3) is 0.500. The molecule has 0 aliphatic carbocycles. The fourth-order valence-electron chi connectivity index (χ4n) is 2.55. The fourth-order valence-corrected chi connectivity index (χ4v) is 2.55. The van der Waals surface area contributed by atoms with E-state index in [2.05, 4.69) is 5.32 Å². The zero-order valence-corrected chi connectivity index (χ0v) is 12.8. The van der Waals surface area contributed by atoms with E-state index in [0.29, 0.717) is 36.7 Å². The Morgan fingerprint density at radius 3 is 2.67 bits per heavy atom. The van der Waals surface area contributed by atoms with E-state index in [1.54, 1.807) is 30.2 Å². The number of anilines is 1. The molecular formula is C16H22N2O3. The highest BCUT2D eigenvalue weighted by Crippen LogP contribution is 2.25. The number of methoxy groups -OCH3 is 1. The molecule has 0 aromatic heterocycles. The number of amides is 2. The van der Waals surface area contributed by atoms with E-state index < -0.39 is 6.04 Å². The van der Waals surface area contributed by atoms with Crippen molar-refractivity contribution in [2.24, 2.45) is 5.92 Å². The van der Waals surface area contributed by atoms with E-state index in [-0.39, 0.29) is 11.8 Å². The summed E-state index contributed by atoms with van der Waals surface area (Å²) in [5.74, 6) is 0.0632. The quantitative estimate of drug-likeness (QED) is 0.900. The summed E-state index contributed by atoms with van der Waals surface area (Å²) in [6.07, 6.45) is 0.627. The Morgan fingerprint density at radius 2 is 2.00 bits per heavy atom. The summed E-state index contributed by atoms with van der Waals surface area (Å²) < 4.78 is 5.09. The van der Waals surface area contributed by atoms with Gasteiger partial charge in [-0.25, -0.2) is 0 Å². The van der Waals surface area contributed by atoms with Crippen molar-refractivity contribution in [3.63, 3.8) is 0 Å². The molecule has 1 heterocycles. The Hall–Kier alpha value is -1.88. The van der Waals surface area contributed by atoms with Gasteiger partial charge in [-0.15, -0.1) is 0 Å². The topological polar surface area (TPSA) is 58.6 Å². The van der Waals surface area contributed by atoms with Crippen LogP contribution < -0.4 is 10.2 Å². The second kappa shape index (κ2) is 6.72. The molecule has 21 heavy (non-hydrogen) atoms. The van der Waals surface area contributed by atoms with Gasteiger partial charge in [-0.05, 0) is 24.5 Å². The Bertz CT molecular complexity index is 528. The van der Waals surface area contributed by atoms with E-state index >= 15 is 0 Å². The molecule has 2 rings (SSSR count). The average Bonchev–Trinajstić information content (AvgIpc) is 2.54. The van der Waals surface area contributed by atoms with Crippen molar-refractivity contribution < 1.29 is 14.3 Å². The molecule has 1 aromatic carbocycles. The smallest absolute Gasteiger partial charge is 0.254 e. The maximum absolute atomic E-state index is 12.8. The summed E-state index contributed by atoms with van der Waals surface area (Å²) in [4.78, 5) is 26.7. The minimum absolute atomic E-state index is 0.0703. The van der Waals surface area contributed by atoms with E-state index in [4.69, 9.17) is 4.74 Å². The number of nitrogens with zero attached hydrogens (tertiary/aromatic N) is 1. The van der Waals surface area contributed by atoms with Crippen LogP contribution in [0.4, 0.5) is 5.69 Å². The molecule has 1 unspecified atom stereocenters. The number of hydrogen-bond donors (Lipinski definition) is 1. The van der Waals surface area contributed by atoms with Crippen LogP contribution >= 0.6 is 0 Å². The van der Waals surface area contributed by atoms with Crippen LogP contribution in [0.5, 0.6) is 0 Å². The molecule has 2 amide bonds. The lowest BCUT2D eigenvalue weighted by Crippen LogP contribution is -2.47. The van der Waals surface area contributed by atoms with Crippen LogP contribution in [0, 0.1) is 5.92 Å². The number of carbonyl (C=O) groups is 2. The molecule has 0 saturated carbocycles. The van der Waals surface area contributed by atoms with Crippen molar-refractivity contribution in [1.82, 2.24) is 5.32 Å². The molecule has 0 fully saturated rings. The van der Waals surface area contributed by atoms with Crippen LogP contribution in [0.2, 0.25) is 0 Å². The summed E-state index contributed by atoms with van der Waals surface area (Å²) in [6.45, 7) is 4.95. The molecule has 5 nitrogen and oxygen atoms in total. The standard InChI is InChI=1S/C16H22N2O3/c1-11(2)10-13-16(20)18(8-9-21-3)14-7-5-4-6-12(14)15(19)17-13/h4-7,11,13H,8-10H2,1-3H3,(H,17,19). The molecule has 1 aliphatic rings. The van der Waals surface area contributed by atoms with E-state index in [0.717, 1.165) is 0 Å². The average molecular weight is 290 g/mol. The number of ether oxygens (including phenoxy) is 1. The largest absolute Gasteiger partial charge is 0.383 e. The van der Waals surface area contributed by atoms with Gasteiger partial charge in [0.15, 0.2) is 0 Å². The zero-order chi connectivity index (χ0) is 15.4. The lowest BCUT2D eigenvalue weighted by atomic mass is 10.0. The highest BCUT2D eigenvalue weighted by Gasteiger charge is 2.33. The summed E-state index contributed by atoms with van der Waals surface area (Å²) >= 11 is 0. The van der Waals surface area contributed by atoms with Gasteiger partial charge in [-0.3, -0.25) is 9.59 Å². The maximum atomic E-state index is 12.8. The summed E-state index contributed by atoms with van der Waals surface area (Å²) in [6, 6.07) is 6.71. The number of benzene rings is 1. The van der Waals surface area contributed by atoms with Crippen LogP contribution in [-0.4, -0.2) is 38.1 Å². The molecule has 0 saturated heterocycles. The summed E-state index contributed by atoms with van der Waals surface area (Å²) in [7, 11) is 1.60. The first kappa shape index (κ1) is 15.5. The Balaban J connectivity index is 2.38. The van der Waals surface area contributed by atoms with Crippen LogP contribution in [0.25, 0.3) is 0 Å². The molecule has 0 radical (unpaired) electrons. The monoisotopic (exact) mass is 290 g/mol. The van der Waals surface area contributed by atoms with Gasteiger partial charge in [-0.1, -0.05) is 26.0 Å². The third-order valence-electron chi connectivity index (χ3n) is 3.54. The van der Waals surface area contributed by atoms with Crippen LogP contribution in [0.15, 0.2) is 24.3 Å². The second-order valence-electron chi connectivity index (χ2n) is 5.66. The number of carbonyl (C=O) groups excluding carboxylic acids is 2. The van der Waals surface area contributed by atoms with Crippen molar-refractivity contribution in [3.05, 3.63) is 29.8 Å². The number of para-hydroxylation sites is 1. The SMILES string of the molecule is COCCN1C(=O)C(CC(C)C)NC(=O)c2ccccc21. The van der Waals surface area contributed by atoms with Gasteiger partial charge in [-0.2, -0.15) is 0 Å². The van der Waals surface area contributed by atoms with Gasteiger partial charge in [0.25, 0.3) is 5.91 Å². The highest BCUT2D eigenvalue weighted by atomic mass is 16.5. The van der Waals surface area contributed by atoms with E-state index in [9.17, 15) is 9.59 Å². The lowest BCUT2D eigenvalue weighted by molar-refractivity contribution is -0.120. The van der Waals surface area contributed by atoms with Gasteiger partial charge < -0.3 is 15.0 Å². The van der Waals surface area contributed by atoms with Gasteiger partial charge in [0.1, 0.15) is 6.04 Å². The second-order valence-corrected chi connectivity index (χ2v) is 5.66. The van der Waals surface area contributed by atoms with E-state index in [1.165, 1.54) is 0 Å². The number of nitrogens with one attached hydrogen (secondary N) is 1. The highest BCUT2D eigenvalue weighted by molar-refractivity contribution is 6.10. The predicted molar refractivity (Wildman–Crippen MR) is 81.4 cm³/mol. The van der Waals surface area contributed by atoms with Gasteiger partial charge in [0.2, 0.25) is 5.91 Å². The minimum Gasteiger partial charge on any atom is -0.383 e. The molecule has 1 aliphatic heterocycles. The molecule has 1 aromatic rings. The Kier molecular flexibility index (Phi) is 4.96. The Morgan fingerprint density at radius 1 is 1.29 bits per heavy atom. The molecular weight excluding hydrogens is 268 g/mol. The molecule has 1 N–H and O–H groups in total. The van der Waals surface area contributed by atoms with Crippen LogP contribution in [0.3, 0.4) is 0 Å². The molecule has 0 bridgehead atoms. The van der Waals surface area contributed by atoms with Crippen molar-refractivity contribution in [2.75, 3.05) is 25.2 Å². The van der Waals surface area contributed by atoms with Crippen LogP contribution in [0.1, 0.15) is 30.6 Å². The molecule has 114 valence electrons. The van der Waals surface area contributed by atoms with Gasteiger partial charge in [0.05, 0.1) is 17.9 Å². The number of hydrogen-bond acceptors (Lipinski definition) is 3. The first-order valence-electron chi connectivity index (χ1n) is 7.24. The number of rotatable bonds is 5. The maximum Gasteiger partial charge on any atom is 0.254 e. The minimum atomic E-state index is -0.484. The van der Waals surface area contributed by atoms with Gasteiger partial charge >= 0.3 is 0 Å². The third-order valence-corrected chi connectivity index (χ3v) is 3.54. The van der Waals surface area contributed by atoms with Crippen LogP contribution in [-0.2, 0) is 9.53 Å². The van der Waals surface area contributed by atoms with E-state index in [1.807, 2.05) is 19.9 Å². The van der Waals surface area contributed by atoms with Crippen molar-refractivity contribution >= 4 is 17.5 Å². The Labute approximate surface area is 125 Å². The lowest BCUT2D eigenvalue weighted by Gasteiger charge is -2.25. The number of fused-ring (bicyclic) bond motifs is 1. The van der Waals surface area contributed by atoms with Crippen molar-refractivity contribution in [1.29, 1.82) is 0 Å². The summed E-state index contributed by atoms with van der Waals surface area (Å²) in [5, 5.41) is 2.85. The predicted octanol–water partition coefficient (Wildman–Crippen LogP) is 1.82. The summed E-state index contributed by atoms with van der Waals surface area (Å²) in [5.41, 5.74) is 1.19. The molecule has 0 spiro atoms. The van der Waals surface area contributed by atoms with Gasteiger partial charge in [0, 0.05) is 13.7 Å². The first-order valence-corrected chi connectivity index (χ1v) is 7.24. The molecule has 5 heteroatoms. The van der Waals surface area contributed by atoms with Crippen molar-refractivity contribution in [3.8, 4) is 0 Å². The first-order chi connectivity index (χ1) is 10.0. The molecule has 1 atom stereocenters. The third kappa shape index (κ3) is 3.42. The zero-order valence-electron chi connectivity index (χ0n) is 12.8. The normalized spacial score (nSPS) is 18.5. The van der Waals surface area contributed by atoms with Crippen molar-refractivity contribution in [2.45, 2.75) is 26.3 Å².